The maximum Gasteiger partial charge on any atom is 0.259 e. The molecule has 0 unspecified atom stereocenters. The SMILES string of the molecule is COc1ccc2nc(Cl)c(C=C(C#N)c3nc4ccc(Br)cc4c(=O)[nH]3)cc2c1. The Bertz CT molecular complexity index is 1410. The highest BCUT2D eigenvalue weighted by Crippen LogP contribution is 2.27. The Morgan fingerprint density at radius 1 is 1.21 bits per heavy atom. The largest absolute Gasteiger partial charge is 0.497 e. The van der Waals surface area contributed by atoms with E-state index in [1.165, 1.54) is 0 Å². The van der Waals surface area contributed by atoms with Crippen molar-refractivity contribution in [2.45, 2.75) is 0 Å². The topological polar surface area (TPSA) is 91.7 Å². The van der Waals surface area contributed by atoms with Gasteiger partial charge in [-0.1, -0.05) is 27.5 Å². The summed E-state index contributed by atoms with van der Waals surface area (Å²) in [6, 6.07) is 14.5. The second-order valence-electron chi connectivity index (χ2n) is 6.17. The molecule has 0 aliphatic carbocycles. The van der Waals surface area contributed by atoms with E-state index in [2.05, 4.69) is 37.0 Å². The zero-order chi connectivity index (χ0) is 20.5. The van der Waals surface area contributed by atoms with Crippen LogP contribution in [0.4, 0.5) is 0 Å². The molecule has 0 saturated heterocycles. The first-order valence-electron chi connectivity index (χ1n) is 8.44. The van der Waals surface area contributed by atoms with Gasteiger partial charge in [-0.3, -0.25) is 4.79 Å². The molecular formula is C21H12BrClN4O2. The van der Waals surface area contributed by atoms with Gasteiger partial charge in [-0.25, -0.2) is 9.97 Å². The number of hydrogen-bond donors (Lipinski definition) is 1. The predicted molar refractivity (Wildman–Crippen MR) is 117 cm³/mol. The standard InChI is InChI=1S/C21H12BrClN4O2/c1-29-15-3-5-17-11(8-15)6-12(19(23)25-17)7-13(10-24)20-26-18-4-2-14(22)9-16(18)21(28)27-20/h2-9H,1H3,(H,26,27,28). The van der Waals surface area contributed by atoms with Gasteiger partial charge in [0.1, 0.15) is 17.0 Å². The first kappa shape index (κ1) is 19.1. The Labute approximate surface area is 178 Å². The second-order valence-corrected chi connectivity index (χ2v) is 7.45. The summed E-state index contributed by atoms with van der Waals surface area (Å²) in [5.41, 5.74) is 1.55. The lowest BCUT2D eigenvalue weighted by Crippen LogP contribution is -2.11. The van der Waals surface area contributed by atoms with E-state index >= 15 is 0 Å². The molecule has 0 bridgehead atoms. The van der Waals surface area contributed by atoms with Crippen molar-refractivity contribution in [2.75, 3.05) is 7.11 Å². The number of methoxy groups -OCH3 is 1. The number of nitriles is 1. The van der Waals surface area contributed by atoms with Gasteiger partial charge in [0, 0.05) is 15.4 Å². The van der Waals surface area contributed by atoms with E-state index in [4.69, 9.17) is 16.3 Å². The van der Waals surface area contributed by atoms with E-state index in [0.29, 0.717) is 27.7 Å². The van der Waals surface area contributed by atoms with Gasteiger partial charge in [-0.15, -0.1) is 0 Å². The van der Waals surface area contributed by atoms with E-state index in [1.54, 1.807) is 49.6 Å². The van der Waals surface area contributed by atoms with Crippen LogP contribution in [0.1, 0.15) is 11.4 Å². The molecule has 0 radical (unpaired) electrons. The number of nitrogens with zero attached hydrogens (tertiary/aromatic N) is 3. The molecular weight excluding hydrogens is 456 g/mol. The molecule has 142 valence electrons. The van der Waals surface area contributed by atoms with Crippen molar-refractivity contribution >= 4 is 61.0 Å². The zero-order valence-electron chi connectivity index (χ0n) is 15.0. The maximum absolute atomic E-state index is 12.4. The number of allylic oxidation sites excluding steroid dienone is 1. The van der Waals surface area contributed by atoms with Crippen LogP contribution in [0.25, 0.3) is 33.5 Å². The Morgan fingerprint density at radius 2 is 2.00 bits per heavy atom. The molecule has 2 heterocycles. The third-order valence-electron chi connectivity index (χ3n) is 4.35. The molecule has 0 saturated carbocycles. The summed E-state index contributed by atoms with van der Waals surface area (Å²) in [6.07, 6.45) is 1.55. The smallest absolute Gasteiger partial charge is 0.259 e. The van der Waals surface area contributed by atoms with Crippen molar-refractivity contribution in [1.82, 2.24) is 15.0 Å². The second kappa shape index (κ2) is 7.66. The molecule has 6 nitrogen and oxygen atoms in total. The Kier molecular flexibility index (Phi) is 5.05. The van der Waals surface area contributed by atoms with E-state index < -0.39 is 0 Å². The van der Waals surface area contributed by atoms with Gasteiger partial charge in [0.2, 0.25) is 0 Å². The Morgan fingerprint density at radius 3 is 2.76 bits per heavy atom. The van der Waals surface area contributed by atoms with Gasteiger partial charge in [0.15, 0.2) is 5.82 Å². The van der Waals surface area contributed by atoms with Crippen LogP contribution in [-0.4, -0.2) is 22.1 Å². The van der Waals surface area contributed by atoms with Crippen molar-refractivity contribution in [3.63, 3.8) is 0 Å². The molecule has 4 aromatic rings. The average molecular weight is 468 g/mol. The quantitative estimate of drug-likeness (QED) is 0.340. The highest BCUT2D eigenvalue weighted by atomic mass is 79.9. The van der Waals surface area contributed by atoms with Crippen molar-refractivity contribution in [3.8, 4) is 11.8 Å². The lowest BCUT2D eigenvalue weighted by Gasteiger charge is -2.06. The lowest BCUT2D eigenvalue weighted by molar-refractivity contribution is 0.415. The summed E-state index contributed by atoms with van der Waals surface area (Å²) >= 11 is 9.65. The third-order valence-corrected chi connectivity index (χ3v) is 5.14. The van der Waals surface area contributed by atoms with Gasteiger partial charge in [0.25, 0.3) is 5.56 Å². The van der Waals surface area contributed by atoms with Crippen LogP contribution in [-0.2, 0) is 0 Å². The fraction of sp³-hybridized carbons (Fsp3) is 0.0476. The summed E-state index contributed by atoms with van der Waals surface area (Å²) in [5, 5.41) is 11.1. The number of halogens is 2. The molecule has 0 spiro atoms. The Hall–Kier alpha value is -3.21. The highest BCUT2D eigenvalue weighted by Gasteiger charge is 2.11. The van der Waals surface area contributed by atoms with E-state index in [9.17, 15) is 10.1 Å². The normalized spacial score (nSPS) is 11.6. The van der Waals surface area contributed by atoms with Gasteiger partial charge in [0.05, 0.1) is 29.1 Å². The van der Waals surface area contributed by atoms with Crippen LogP contribution in [0, 0.1) is 11.3 Å². The van der Waals surface area contributed by atoms with Crippen molar-refractivity contribution < 1.29 is 4.74 Å². The lowest BCUT2D eigenvalue weighted by atomic mass is 10.1. The molecule has 1 N–H and O–H groups in total. The summed E-state index contributed by atoms with van der Waals surface area (Å²) in [7, 11) is 1.58. The monoisotopic (exact) mass is 466 g/mol. The molecule has 29 heavy (non-hydrogen) atoms. The fourth-order valence-corrected chi connectivity index (χ4v) is 3.48. The van der Waals surface area contributed by atoms with Crippen LogP contribution >= 0.6 is 27.5 Å². The number of ether oxygens (including phenoxy) is 1. The summed E-state index contributed by atoms with van der Waals surface area (Å²) in [6.45, 7) is 0. The molecule has 0 aliphatic heterocycles. The molecule has 2 aromatic carbocycles. The summed E-state index contributed by atoms with van der Waals surface area (Å²) < 4.78 is 6.01. The van der Waals surface area contributed by atoms with Crippen LogP contribution < -0.4 is 10.3 Å². The van der Waals surface area contributed by atoms with Crippen molar-refractivity contribution in [3.05, 3.63) is 73.8 Å². The Balaban J connectivity index is 1.87. The van der Waals surface area contributed by atoms with Crippen molar-refractivity contribution in [2.24, 2.45) is 0 Å². The number of aromatic nitrogens is 3. The van der Waals surface area contributed by atoms with Crippen LogP contribution in [0.15, 0.2) is 51.7 Å². The molecule has 2 aromatic heterocycles. The molecule has 0 aliphatic rings. The van der Waals surface area contributed by atoms with E-state index in [1.807, 2.05) is 6.07 Å². The molecule has 0 amide bonds. The third kappa shape index (κ3) is 3.73. The number of H-pyrrole nitrogens is 1. The maximum atomic E-state index is 12.4. The number of pyridine rings is 1. The summed E-state index contributed by atoms with van der Waals surface area (Å²) in [5.74, 6) is 0.845. The molecule has 0 atom stereocenters. The van der Waals surface area contributed by atoms with E-state index in [0.717, 1.165) is 9.86 Å². The number of rotatable bonds is 3. The molecule has 0 fully saturated rings. The molecule has 4 rings (SSSR count). The number of hydrogen-bond acceptors (Lipinski definition) is 5. The number of nitrogens with one attached hydrogen (secondary N) is 1. The van der Waals surface area contributed by atoms with Gasteiger partial charge in [-0.2, -0.15) is 5.26 Å². The minimum atomic E-state index is -0.333. The van der Waals surface area contributed by atoms with Gasteiger partial charge >= 0.3 is 0 Å². The van der Waals surface area contributed by atoms with E-state index in [-0.39, 0.29) is 22.1 Å². The van der Waals surface area contributed by atoms with Crippen LogP contribution in [0.5, 0.6) is 5.75 Å². The first-order chi connectivity index (χ1) is 14.0. The summed E-state index contributed by atoms with van der Waals surface area (Å²) in [4.78, 5) is 23.9. The highest BCUT2D eigenvalue weighted by molar-refractivity contribution is 9.10. The zero-order valence-corrected chi connectivity index (χ0v) is 17.4. The minimum Gasteiger partial charge on any atom is -0.497 e. The van der Waals surface area contributed by atoms with Crippen LogP contribution in [0.2, 0.25) is 5.15 Å². The number of aromatic amines is 1. The number of benzene rings is 2. The predicted octanol–water partition coefficient (Wildman–Crippen LogP) is 4.96. The number of fused-ring (bicyclic) bond motifs is 2. The van der Waals surface area contributed by atoms with Crippen LogP contribution in [0.3, 0.4) is 0 Å². The average Bonchev–Trinajstić information content (AvgIpc) is 2.72. The van der Waals surface area contributed by atoms with Gasteiger partial charge < -0.3 is 9.72 Å². The minimum absolute atomic E-state index is 0.161. The first-order valence-corrected chi connectivity index (χ1v) is 9.61. The fourth-order valence-electron chi connectivity index (χ4n) is 2.92. The van der Waals surface area contributed by atoms with Crippen molar-refractivity contribution in [1.29, 1.82) is 5.26 Å². The molecule has 8 heteroatoms. The van der Waals surface area contributed by atoms with Gasteiger partial charge in [-0.05, 0) is 48.5 Å².